The van der Waals surface area contributed by atoms with Crippen LogP contribution in [0.25, 0.3) is 0 Å². The van der Waals surface area contributed by atoms with E-state index in [4.69, 9.17) is 0 Å². The van der Waals surface area contributed by atoms with Crippen LogP contribution in [-0.2, 0) is 0 Å². The molecule has 0 aliphatic heterocycles. The highest BCUT2D eigenvalue weighted by Crippen LogP contribution is 2.32. The van der Waals surface area contributed by atoms with Gasteiger partial charge in [-0.25, -0.2) is 0 Å². The molecule has 2 aromatic rings. The second kappa shape index (κ2) is 5.25. The third kappa shape index (κ3) is 2.50. The summed E-state index contributed by atoms with van der Waals surface area (Å²) in [5.41, 5.74) is 5.45. The summed E-state index contributed by atoms with van der Waals surface area (Å²) in [5, 5.41) is 3.45. The first kappa shape index (κ1) is 13.3. The predicted molar refractivity (Wildman–Crippen MR) is 80.6 cm³/mol. The van der Waals surface area contributed by atoms with Crippen molar-refractivity contribution in [3.05, 3.63) is 56.3 Å². The number of hydrogen-bond acceptors (Lipinski definition) is 2. The maximum atomic E-state index is 3.45. The molecular weight excluding hydrogens is 238 g/mol. The molecule has 1 atom stereocenters. The van der Waals surface area contributed by atoms with Crippen LogP contribution in [0.4, 0.5) is 0 Å². The van der Waals surface area contributed by atoms with Crippen molar-refractivity contribution in [2.75, 3.05) is 7.05 Å². The number of aryl methyl sites for hydroxylation is 4. The Balaban J connectivity index is 2.48. The summed E-state index contributed by atoms with van der Waals surface area (Å²) in [6.45, 7) is 8.72. The van der Waals surface area contributed by atoms with Gasteiger partial charge in [-0.3, -0.25) is 0 Å². The van der Waals surface area contributed by atoms with Gasteiger partial charge in [0.15, 0.2) is 0 Å². The Morgan fingerprint density at radius 2 is 1.72 bits per heavy atom. The number of rotatable bonds is 3. The first-order valence-electron chi connectivity index (χ1n) is 6.34. The van der Waals surface area contributed by atoms with Crippen molar-refractivity contribution >= 4 is 11.3 Å². The van der Waals surface area contributed by atoms with Crippen molar-refractivity contribution in [2.24, 2.45) is 0 Å². The zero-order chi connectivity index (χ0) is 13.3. The molecule has 18 heavy (non-hydrogen) atoms. The monoisotopic (exact) mass is 259 g/mol. The van der Waals surface area contributed by atoms with Crippen LogP contribution in [0.3, 0.4) is 0 Å². The van der Waals surface area contributed by atoms with Gasteiger partial charge in [-0.05, 0) is 57.5 Å². The first-order chi connectivity index (χ1) is 8.52. The molecule has 0 spiro atoms. The third-order valence-corrected chi connectivity index (χ3v) is 4.72. The van der Waals surface area contributed by atoms with E-state index >= 15 is 0 Å². The van der Waals surface area contributed by atoms with Crippen LogP contribution in [0.1, 0.15) is 38.0 Å². The molecule has 0 aliphatic rings. The van der Waals surface area contributed by atoms with Crippen LogP contribution in [0.15, 0.2) is 24.3 Å². The van der Waals surface area contributed by atoms with E-state index in [0.717, 1.165) is 0 Å². The third-order valence-electron chi connectivity index (χ3n) is 3.50. The van der Waals surface area contributed by atoms with Gasteiger partial charge in [0.1, 0.15) is 0 Å². The molecule has 1 nitrogen and oxygen atoms in total. The lowest BCUT2D eigenvalue weighted by Crippen LogP contribution is -2.17. The van der Waals surface area contributed by atoms with E-state index in [1.165, 1.54) is 32.0 Å². The number of thiophene rings is 1. The zero-order valence-electron chi connectivity index (χ0n) is 11.8. The van der Waals surface area contributed by atoms with E-state index in [1.54, 1.807) is 0 Å². The Morgan fingerprint density at radius 3 is 2.28 bits per heavy atom. The minimum absolute atomic E-state index is 0.308. The van der Waals surface area contributed by atoms with Gasteiger partial charge < -0.3 is 5.32 Å². The molecule has 0 amide bonds. The van der Waals surface area contributed by atoms with Gasteiger partial charge in [0.25, 0.3) is 0 Å². The van der Waals surface area contributed by atoms with Gasteiger partial charge in [-0.15, -0.1) is 11.3 Å². The molecule has 0 aliphatic carbocycles. The van der Waals surface area contributed by atoms with Crippen LogP contribution in [0, 0.1) is 27.7 Å². The highest BCUT2D eigenvalue weighted by molar-refractivity contribution is 7.12. The van der Waals surface area contributed by atoms with Crippen molar-refractivity contribution in [3.63, 3.8) is 0 Å². The van der Waals surface area contributed by atoms with E-state index in [-0.39, 0.29) is 0 Å². The summed E-state index contributed by atoms with van der Waals surface area (Å²) in [6.07, 6.45) is 0. The molecule has 2 rings (SSSR count). The fraction of sp³-hybridized carbons (Fsp3) is 0.375. The minimum Gasteiger partial charge on any atom is -0.309 e. The molecule has 1 N–H and O–H groups in total. The average molecular weight is 259 g/mol. The number of nitrogens with one attached hydrogen (secondary N) is 1. The van der Waals surface area contributed by atoms with Gasteiger partial charge in [0.2, 0.25) is 0 Å². The maximum Gasteiger partial charge on any atom is 0.0671 e. The van der Waals surface area contributed by atoms with E-state index in [0.29, 0.717) is 6.04 Å². The molecule has 2 heteroatoms. The smallest absolute Gasteiger partial charge is 0.0671 e. The van der Waals surface area contributed by atoms with Crippen molar-refractivity contribution < 1.29 is 0 Å². The second-order valence-corrected chi connectivity index (χ2v) is 6.26. The highest BCUT2D eigenvalue weighted by Gasteiger charge is 2.17. The van der Waals surface area contributed by atoms with E-state index in [1.807, 2.05) is 18.4 Å². The average Bonchev–Trinajstić information content (AvgIpc) is 2.65. The molecule has 0 saturated carbocycles. The second-order valence-electron chi connectivity index (χ2n) is 4.97. The molecular formula is C16H21NS. The van der Waals surface area contributed by atoms with E-state index in [9.17, 15) is 0 Å². The minimum atomic E-state index is 0.308. The van der Waals surface area contributed by atoms with E-state index < -0.39 is 0 Å². The summed E-state index contributed by atoms with van der Waals surface area (Å²) in [4.78, 5) is 2.82. The molecule has 1 aromatic heterocycles. The molecule has 96 valence electrons. The largest absolute Gasteiger partial charge is 0.309 e. The Bertz CT molecular complexity index is 535. The van der Waals surface area contributed by atoms with Crippen LogP contribution < -0.4 is 5.32 Å². The van der Waals surface area contributed by atoms with E-state index in [2.05, 4.69) is 57.3 Å². The summed E-state index contributed by atoms with van der Waals surface area (Å²) in [7, 11) is 2.04. The van der Waals surface area contributed by atoms with Crippen LogP contribution in [0.5, 0.6) is 0 Å². The summed E-state index contributed by atoms with van der Waals surface area (Å²) in [5.74, 6) is 0. The van der Waals surface area contributed by atoms with Gasteiger partial charge >= 0.3 is 0 Å². The van der Waals surface area contributed by atoms with Crippen molar-refractivity contribution in [1.29, 1.82) is 0 Å². The normalized spacial score (nSPS) is 12.7. The predicted octanol–water partition coefficient (Wildman–Crippen LogP) is 4.29. The SMILES string of the molecule is CNC(c1cc(C)c(C)s1)c1cc(C)ccc1C. The Hall–Kier alpha value is -1.12. The zero-order valence-corrected chi connectivity index (χ0v) is 12.6. The number of hydrogen-bond donors (Lipinski definition) is 1. The topological polar surface area (TPSA) is 12.0 Å². The molecule has 1 heterocycles. The fourth-order valence-electron chi connectivity index (χ4n) is 2.27. The van der Waals surface area contributed by atoms with Crippen molar-refractivity contribution in [3.8, 4) is 0 Å². The van der Waals surface area contributed by atoms with Gasteiger partial charge in [0, 0.05) is 9.75 Å². The maximum absolute atomic E-state index is 3.45. The molecule has 0 fully saturated rings. The van der Waals surface area contributed by atoms with Crippen molar-refractivity contribution in [2.45, 2.75) is 33.7 Å². The van der Waals surface area contributed by atoms with Gasteiger partial charge in [0.05, 0.1) is 6.04 Å². The molecule has 1 aromatic carbocycles. The lowest BCUT2D eigenvalue weighted by molar-refractivity contribution is 0.698. The Morgan fingerprint density at radius 1 is 1.00 bits per heavy atom. The summed E-state index contributed by atoms with van der Waals surface area (Å²) in [6, 6.07) is 9.30. The quantitative estimate of drug-likeness (QED) is 0.867. The highest BCUT2D eigenvalue weighted by atomic mass is 32.1. The lowest BCUT2D eigenvalue weighted by atomic mass is 9.97. The standard InChI is InChI=1S/C16H21NS/c1-10-6-7-11(2)14(8-10)16(17-5)15-9-12(3)13(4)18-15/h6-9,16-17H,1-5H3. The molecule has 0 saturated heterocycles. The summed E-state index contributed by atoms with van der Waals surface area (Å²) >= 11 is 1.89. The lowest BCUT2D eigenvalue weighted by Gasteiger charge is -2.18. The molecule has 0 bridgehead atoms. The van der Waals surface area contributed by atoms with Crippen molar-refractivity contribution in [1.82, 2.24) is 5.32 Å². The van der Waals surface area contributed by atoms with Crippen LogP contribution in [0.2, 0.25) is 0 Å². The van der Waals surface area contributed by atoms with Crippen LogP contribution in [-0.4, -0.2) is 7.05 Å². The van der Waals surface area contributed by atoms with Gasteiger partial charge in [-0.2, -0.15) is 0 Å². The molecule has 0 radical (unpaired) electrons. The number of benzene rings is 1. The first-order valence-corrected chi connectivity index (χ1v) is 7.16. The van der Waals surface area contributed by atoms with Crippen LogP contribution >= 0.6 is 11.3 Å². The fourth-order valence-corrected chi connectivity index (χ4v) is 3.44. The van der Waals surface area contributed by atoms with Gasteiger partial charge in [-0.1, -0.05) is 23.8 Å². The Kier molecular flexibility index (Phi) is 3.88. The Labute approximate surface area is 114 Å². The molecule has 1 unspecified atom stereocenters. The summed E-state index contributed by atoms with van der Waals surface area (Å²) < 4.78 is 0.